The Hall–Kier alpha value is -2.81. The molecule has 9 nitrogen and oxygen atoms in total. The first-order chi connectivity index (χ1) is 12.9. The van der Waals surface area contributed by atoms with E-state index in [-0.39, 0.29) is 6.42 Å². The number of rotatable bonds is 6. The number of esters is 1. The number of halogens is 1. The van der Waals surface area contributed by atoms with Gasteiger partial charge in [0, 0.05) is 10.6 Å². The van der Waals surface area contributed by atoms with E-state index < -0.39 is 41.6 Å². The van der Waals surface area contributed by atoms with E-state index in [1.165, 1.54) is 6.92 Å². The van der Waals surface area contributed by atoms with Gasteiger partial charge in [-0.15, -0.1) is 0 Å². The molecule has 1 rings (SSSR count). The highest BCUT2D eigenvalue weighted by Crippen LogP contribution is 2.20. The van der Waals surface area contributed by atoms with Crippen molar-refractivity contribution in [3.8, 4) is 0 Å². The van der Waals surface area contributed by atoms with Crippen LogP contribution in [-0.2, 0) is 14.3 Å². The summed E-state index contributed by atoms with van der Waals surface area (Å²) in [5, 5.41) is 7.58. The molecule has 1 aromatic rings. The monoisotopic (exact) mass is 412 g/mol. The molecule has 0 unspecified atom stereocenters. The van der Waals surface area contributed by atoms with Crippen molar-refractivity contribution in [2.75, 3.05) is 0 Å². The molecule has 0 heterocycles. The van der Waals surface area contributed by atoms with Gasteiger partial charge in [-0.25, -0.2) is 9.59 Å². The minimum atomic E-state index is -1.21. The normalized spacial score (nSPS) is 13.0. The molecule has 154 valence electrons. The predicted octanol–water partition coefficient (Wildman–Crippen LogP) is 2.00. The fraction of sp³-hybridized carbons (Fsp3) is 0.444. The maximum absolute atomic E-state index is 12.2. The molecule has 0 aliphatic rings. The smallest absolute Gasteiger partial charge is 0.321 e. The molecule has 0 aliphatic carbocycles. The summed E-state index contributed by atoms with van der Waals surface area (Å²) in [7, 11) is 0. The Morgan fingerprint density at radius 3 is 2.21 bits per heavy atom. The van der Waals surface area contributed by atoms with Gasteiger partial charge >= 0.3 is 18.0 Å². The summed E-state index contributed by atoms with van der Waals surface area (Å²) >= 11 is 5.83. The highest BCUT2D eigenvalue weighted by atomic mass is 35.5. The van der Waals surface area contributed by atoms with E-state index in [0.717, 1.165) is 0 Å². The van der Waals surface area contributed by atoms with Crippen LogP contribution in [0.15, 0.2) is 24.3 Å². The minimum Gasteiger partial charge on any atom is -0.452 e. The number of primary amides is 1. The van der Waals surface area contributed by atoms with Gasteiger partial charge in [0.05, 0.1) is 12.5 Å². The number of imide groups is 1. The van der Waals surface area contributed by atoms with Crippen molar-refractivity contribution in [1.29, 1.82) is 0 Å². The molecule has 0 aliphatic heterocycles. The number of urea groups is 2. The van der Waals surface area contributed by atoms with Gasteiger partial charge in [-0.1, -0.05) is 23.7 Å². The second-order valence-electron chi connectivity index (χ2n) is 7.14. The van der Waals surface area contributed by atoms with Crippen molar-refractivity contribution >= 4 is 35.5 Å². The maximum atomic E-state index is 12.2. The molecule has 0 saturated carbocycles. The number of hydrogen-bond acceptors (Lipinski definition) is 5. The molecule has 28 heavy (non-hydrogen) atoms. The molecule has 0 spiro atoms. The van der Waals surface area contributed by atoms with Crippen molar-refractivity contribution in [3.05, 3.63) is 34.9 Å². The van der Waals surface area contributed by atoms with Crippen LogP contribution in [0.2, 0.25) is 5.02 Å². The third-order valence-electron chi connectivity index (χ3n) is 3.36. The molecule has 0 aromatic heterocycles. The van der Waals surface area contributed by atoms with Crippen LogP contribution in [0.4, 0.5) is 9.59 Å². The molecular formula is C18H25ClN4O5. The Morgan fingerprint density at radius 2 is 1.71 bits per heavy atom. The zero-order valence-corrected chi connectivity index (χ0v) is 16.9. The van der Waals surface area contributed by atoms with E-state index in [0.29, 0.717) is 10.6 Å². The average Bonchev–Trinajstić information content (AvgIpc) is 2.52. The van der Waals surface area contributed by atoms with Crippen LogP contribution < -0.4 is 21.7 Å². The first-order valence-corrected chi connectivity index (χ1v) is 8.89. The molecule has 0 fully saturated rings. The zero-order valence-electron chi connectivity index (χ0n) is 16.2. The Balaban J connectivity index is 2.67. The Morgan fingerprint density at radius 1 is 1.14 bits per heavy atom. The van der Waals surface area contributed by atoms with Gasteiger partial charge in [-0.3, -0.25) is 14.9 Å². The molecule has 0 saturated heterocycles. The third-order valence-corrected chi connectivity index (χ3v) is 3.61. The van der Waals surface area contributed by atoms with Gasteiger partial charge in [0.1, 0.15) is 0 Å². The summed E-state index contributed by atoms with van der Waals surface area (Å²) in [6.45, 7) is 6.59. The molecule has 1 aromatic carbocycles. The van der Waals surface area contributed by atoms with Crippen LogP contribution in [0.25, 0.3) is 0 Å². The number of amides is 5. The summed E-state index contributed by atoms with van der Waals surface area (Å²) in [5.74, 6) is -1.53. The molecule has 5 N–H and O–H groups in total. The van der Waals surface area contributed by atoms with Crippen molar-refractivity contribution in [1.82, 2.24) is 16.0 Å². The van der Waals surface area contributed by atoms with Crippen LogP contribution >= 0.6 is 11.6 Å². The fourth-order valence-electron chi connectivity index (χ4n) is 2.17. The van der Waals surface area contributed by atoms with Gasteiger partial charge in [-0.2, -0.15) is 0 Å². The van der Waals surface area contributed by atoms with Crippen molar-refractivity contribution < 1.29 is 23.9 Å². The highest BCUT2D eigenvalue weighted by Gasteiger charge is 2.24. The lowest BCUT2D eigenvalue weighted by Crippen LogP contribution is -2.50. The van der Waals surface area contributed by atoms with E-state index in [9.17, 15) is 19.2 Å². The predicted molar refractivity (Wildman–Crippen MR) is 104 cm³/mol. The quantitative estimate of drug-likeness (QED) is 0.529. The van der Waals surface area contributed by atoms with Crippen LogP contribution in [-0.4, -0.2) is 35.6 Å². The third kappa shape index (κ3) is 8.72. The van der Waals surface area contributed by atoms with Gasteiger partial charge in [0.15, 0.2) is 6.10 Å². The van der Waals surface area contributed by atoms with Crippen LogP contribution in [0.3, 0.4) is 0 Å². The summed E-state index contributed by atoms with van der Waals surface area (Å²) < 4.78 is 5.05. The van der Waals surface area contributed by atoms with E-state index in [1.54, 1.807) is 45.0 Å². The first kappa shape index (κ1) is 23.2. The molecule has 0 radical (unpaired) electrons. The zero-order chi connectivity index (χ0) is 21.5. The van der Waals surface area contributed by atoms with Crippen LogP contribution in [0.5, 0.6) is 0 Å². The van der Waals surface area contributed by atoms with E-state index in [2.05, 4.69) is 16.0 Å². The van der Waals surface area contributed by atoms with Gasteiger partial charge in [-0.05, 0) is 45.4 Å². The standard InChI is InChI=1S/C18H25ClN4O5/c1-10(15(25)22-17(27)23-18(2,3)4)28-14(24)9-13(21-16(20)26)11-5-7-12(19)8-6-11/h5-8,10,13H,9H2,1-4H3,(H3,20,21,26)(H2,22,23,25,27)/t10-,13+/m0/s1. The van der Waals surface area contributed by atoms with E-state index in [1.807, 2.05) is 0 Å². The van der Waals surface area contributed by atoms with Crippen LogP contribution in [0, 0.1) is 0 Å². The average molecular weight is 413 g/mol. The lowest BCUT2D eigenvalue weighted by Gasteiger charge is -2.22. The lowest BCUT2D eigenvalue weighted by atomic mass is 10.0. The Kier molecular flexibility index (Phi) is 8.24. The topological polar surface area (TPSA) is 140 Å². The largest absolute Gasteiger partial charge is 0.452 e. The number of nitrogens with two attached hydrogens (primary N) is 1. The fourth-order valence-corrected chi connectivity index (χ4v) is 2.30. The second-order valence-corrected chi connectivity index (χ2v) is 7.58. The molecule has 5 amide bonds. The van der Waals surface area contributed by atoms with Crippen molar-refractivity contribution in [2.45, 2.75) is 51.8 Å². The number of ether oxygens (including phenoxy) is 1. The molecular weight excluding hydrogens is 388 g/mol. The number of hydrogen-bond donors (Lipinski definition) is 4. The number of benzene rings is 1. The maximum Gasteiger partial charge on any atom is 0.321 e. The Bertz CT molecular complexity index is 730. The number of nitrogens with one attached hydrogen (secondary N) is 3. The molecule has 2 atom stereocenters. The van der Waals surface area contributed by atoms with Crippen molar-refractivity contribution in [2.24, 2.45) is 5.73 Å². The highest BCUT2D eigenvalue weighted by molar-refractivity contribution is 6.30. The minimum absolute atomic E-state index is 0.267. The molecule has 10 heteroatoms. The summed E-state index contributed by atoms with van der Waals surface area (Å²) in [5.41, 5.74) is 5.21. The summed E-state index contributed by atoms with van der Waals surface area (Å²) in [6, 6.07) is 4.17. The van der Waals surface area contributed by atoms with Gasteiger partial charge in [0.25, 0.3) is 5.91 Å². The SMILES string of the molecule is C[C@H](OC(=O)C[C@@H](NC(N)=O)c1ccc(Cl)cc1)C(=O)NC(=O)NC(C)(C)C. The van der Waals surface area contributed by atoms with Crippen LogP contribution in [0.1, 0.15) is 45.7 Å². The molecule has 0 bridgehead atoms. The number of carbonyl (C=O) groups excluding carboxylic acids is 4. The Labute approximate surface area is 168 Å². The van der Waals surface area contributed by atoms with Gasteiger partial charge < -0.3 is 21.1 Å². The van der Waals surface area contributed by atoms with Crippen molar-refractivity contribution in [3.63, 3.8) is 0 Å². The number of carbonyl (C=O) groups is 4. The van der Waals surface area contributed by atoms with E-state index in [4.69, 9.17) is 22.1 Å². The second kappa shape index (κ2) is 9.93. The summed E-state index contributed by atoms with van der Waals surface area (Å²) in [6.07, 6.45) is -1.48. The lowest BCUT2D eigenvalue weighted by molar-refractivity contribution is -0.154. The van der Waals surface area contributed by atoms with E-state index >= 15 is 0 Å². The summed E-state index contributed by atoms with van der Waals surface area (Å²) in [4.78, 5) is 47.1. The van der Waals surface area contributed by atoms with Gasteiger partial charge in [0.2, 0.25) is 0 Å². The first-order valence-electron chi connectivity index (χ1n) is 8.51.